The van der Waals surface area contributed by atoms with Gasteiger partial charge >= 0.3 is 0 Å². The highest BCUT2D eigenvalue weighted by Gasteiger charge is 2.34. The van der Waals surface area contributed by atoms with Crippen LogP contribution in [0.1, 0.15) is 66.6 Å². The Hall–Kier alpha value is -2.74. The fraction of sp³-hybridized carbons (Fsp3) is 0.500. The average Bonchev–Trinajstić information content (AvgIpc) is 3.53. The van der Waals surface area contributed by atoms with Crippen LogP contribution in [0.3, 0.4) is 0 Å². The van der Waals surface area contributed by atoms with Crippen molar-refractivity contribution in [3.63, 3.8) is 0 Å². The summed E-state index contributed by atoms with van der Waals surface area (Å²) >= 11 is 1.30. The third kappa shape index (κ3) is 5.94. The molecule has 4 rings (SSSR count). The van der Waals surface area contributed by atoms with Gasteiger partial charge in [0.25, 0.3) is 5.91 Å². The summed E-state index contributed by atoms with van der Waals surface area (Å²) in [7, 11) is 0. The van der Waals surface area contributed by atoms with Crippen molar-refractivity contribution in [3.8, 4) is 0 Å². The van der Waals surface area contributed by atoms with Crippen LogP contribution in [0, 0.1) is 6.92 Å². The number of hydrogen-bond acceptors (Lipinski definition) is 5. The first-order valence-corrected chi connectivity index (χ1v) is 12.3. The van der Waals surface area contributed by atoms with E-state index in [0.29, 0.717) is 16.4 Å². The minimum Gasteiger partial charge on any atom is -0.353 e. The number of thiazole rings is 1. The zero-order valence-corrected chi connectivity index (χ0v) is 19.2. The molecule has 2 fully saturated rings. The molecule has 1 aromatic heterocycles. The molecule has 2 saturated carbocycles. The summed E-state index contributed by atoms with van der Waals surface area (Å²) in [6.07, 6.45) is 7.72. The molecule has 7 nitrogen and oxygen atoms in total. The number of amides is 3. The van der Waals surface area contributed by atoms with Crippen molar-refractivity contribution in [3.05, 3.63) is 46.5 Å². The Morgan fingerprint density at radius 1 is 1.06 bits per heavy atom. The van der Waals surface area contributed by atoms with E-state index in [-0.39, 0.29) is 42.8 Å². The maximum atomic E-state index is 13.0. The largest absolute Gasteiger partial charge is 0.353 e. The Bertz CT molecular complexity index is 979. The first kappa shape index (κ1) is 22.5. The van der Waals surface area contributed by atoms with Gasteiger partial charge in [0.05, 0.1) is 12.1 Å². The van der Waals surface area contributed by atoms with Crippen molar-refractivity contribution < 1.29 is 14.4 Å². The molecule has 2 aliphatic carbocycles. The number of carbonyl (C=O) groups excluding carboxylic acids is 3. The monoisotopic (exact) mass is 454 g/mol. The molecule has 170 valence electrons. The summed E-state index contributed by atoms with van der Waals surface area (Å²) in [6, 6.07) is 7.83. The number of aryl methyl sites for hydroxylation is 1. The quantitative estimate of drug-likeness (QED) is 0.636. The highest BCUT2D eigenvalue weighted by atomic mass is 32.1. The van der Waals surface area contributed by atoms with Crippen molar-refractivity contribution in [1.29, 1.82) is 0 Å². The number of hydrogen-bond donors (Lipinski definition) is 2. The van der Waals surface area contributed by atoms with Gasteiger partial charge in [-0.1, -0.05) is 37.5 Å². The van der Waals surface area contributed by atoms with Crippen LogP contribution in [-0.2, 0) is 16.0 Å². The van der Waals surface area contributed by atoms with Crippen LogP contribution in [-0.4, -0.2) is 46.2 Å². The second-order valence-electron chi connectivity index (χ2n) is 8.75. The molecular weight excluding hydrogens is 424 g/mol. The number of benzene rings is 1. The molecule has 0 atom stereocenters. The van der Waals surface area contributed by atoms with E-state index >= 15 is 0 Å². The number of nitrogens with one attached hydrogen (secondary N) is 2. The standard InChI is InChI=1S/C24H30N4O3S/c1-16-7-5-6-10-20(16)23(31)28(19-11-12-19)14-22(30)27-24-26-18(15-32-24)13-21(29)25-17-8-3-2-4-9-17/h5-7,10,15,17,19H,2-4,8-9,11-14H2,1H3,(H,25,29)(H,26,27,30). The number of anilines is 1. The minimum atomic E-state index is -0.272. The SMILES string of the molecule is Cc1ccccc1C(=O)N(CC(=O)Nc1nc(CC(=O)NC2CCCCC2)cs1)C1CC1. The molecule has 0 radical (unpaired) electrons. The zero-order valence-electron chi connectivity index (χ0n) is 18.4. The molecule has 0 bridgehead atoms. The van der Waals surface area contributed by atoms with E-state index in [9.17, 15) is 14.4 Å². The van der Waals surface area contributed by atoms with Crippen LogP contribution < -0.4 is 10.6 Å². The molecule has 32 heavy (non-hydrogen) atoms. The fourth-order valence-electron chi connectivity index (χ4n) is 4.17. The smallest absolute Gasteiger partial charge is 0.254 e. The predicted octanol–water partition coefficient (Wildman–Crippen LogP) is 3.69. The normalized spacial score (nSPS) is 16.4. The van der Waals surface area contributed by atoms with Gasteiger partial charge in [-0.05, 0) is 44.2 Å². The summed E-state index contributed by atoms with van der Waals surface area (Å²) in [5.74, 6) is -0.407. The van der Waals surface area contributed by atoms with E-state index in [1.54, 1.807) is 16.3 Å². The van der Waals surface area contributed by atoms with Crippen LogP contribution in [0.5, 0.6) is 0 Å². The van der Waals surface area contributed by atoms with Gasteiger partial charge < -0.3 is 15.5 Å². The van der Waals surface area contributed by atoms with E-state index in [2.05, 4.69) is 15.6 Å². The minimum absolute atomic E-state index is 0.00505. The van der Waals surface area contributed by atoms with Crippen molar-refractivity contribution in [2.75, 3.05) is 11.9 Å². The highest BCUT2D eigenvalue weighted by molar-refractivity contribution is 7.13. The topological polar surface area (TPSA) is 91.4 Å². The molecule has 0 spiro atoms. The van der Waals surface area contributed by atoms with Gasteiger partial charge in [0.1, 0.15) is 6.54 Å². The molecule has 1 heterocycles. The molecule has 8 heteroatoms. The third-order valence-corrected chi connectivity index (χ3v) is 6.85. The lowest BCUT2D eigenvalue weighted by molar-refractivity contribution is -0.121. The zero-order chi connectivity index (χ0) is 22.5. The molecule has 3 amide bonds. The molecule has 0 unspecified atom stereocenters. The maximum Gasteiger partial charge on any atom is 0.254 e. The van der Waals surface area contributed by atoms with E-state index in [4.69, 9.17) is 0 Å². The molecule has 2 aromatic rings. The molecule has 2 aliphatic rings. The molecular formula is C24H30N4O3S. The van der Waals surface area contributed by atoms with Gasteiger partial charge in [-0.15, -0.1) is 11.3 Å². The first-order valence-electron chi connectivity index (χ1n) is 11.4. The Labute approximate surface area is 192 Å². The molecule has 0 aliphatic heterocycles. The van der Waals surface area contributed by atoms with Crippen LogP contribution in [0.4, 0.5) is 5.13 Å². The predicted molar refractivity (Wildman–Crippen MR) is 125 cm³/mol. The van der Waals surface area contributed by atoms with Gasteiger partial charge in [-0.25, -0.2) is 4.98 Å². The Morgan fingerprint density at radius 2 is 1.81 bits per heavy atom. The van der Waals surface area contributed by atoms with Crippen LogP contribution in [0.25, 0.3) is 0 Å². The van der Waals surface area contributed by atoms with Crippen LogP contribution in [0.15, 0.2) is 29.6 Å². The Balaban J connectivity index is 1.30. The second kappa shape index (κ2) is 10.3. The number of aromatic nitrogens is 1. The summed E-state index contributed by atoms with van der Waals surface area (Å²) in [6.45, 7) is 1.90. The third-order valence-electron chi connectivity index (χ3n) is 6.05. The van der Waals surface area contributed by atoms with Gasteiger partial charge in [0, 0.05) is 23.0 Å². The number of nitrogens with zero attached hydrogens (tertiary/aromatic N) is 2. The molecule has 2 N–H and O–H groups in total. The maximum absolute atomic E-state index is 13.0. The van der Waals surface area contributed by atoms with Crippen molar-refractivity contribution >= 4 is 34.2 Å². The summed E-state index contributed by atoms with van der Waals surface area (Å²) in [4.78, 5) is 44.0. The Morgan fingerprint density at radius 3 is 2.53 bits per heavy atom. The Kier molecular flexibility index (Phi) is 7.19. The van der Waals surface area contributed by atoms with Gasteiger partial charge in [0.2, 0.25) is 11.8 Å². The van der Waals surface area contributed by atoms with Gasteiger partial charge in [-0.2, -0.15) is 0 Å². The van der Waals surface area contributed by atoms with E-state index in [1.807, 2.05) is 25.1 Å². The number of rotatable bonds is 8. The average molecular weight is 455 g/mol. The van der Waals surface area contributed by atoms with Crippen molar-refractivity contribution in [2.24, 2.45) is 0 Å². The molecule has 1 aromatic carbocycles. The van der Waals surface area contributed by atoms with Crippen molar-refractivity contribution in [2.45, 2.75) is 70.4 Å². The van der Waals surface area contributed by atoms with E-state index < -0.39 is 0 Å². The summed E-state index contributed by atoms with van der Waals surface area (Å²) in [5.41, 5.74) is 2.18. The van der Waals surface area contributed by atoms with Crippen LogP contribution >= 0.6 is 11.3 Å². The van der Waals surface area contributed by atoms with Crippen molar-refractivity contribution in [1.82, 2.24) is 15.2 Å². The lowest BCUT2D eigenvalue weighted by atomic mass is 9.95. The van der Waals surface area contributed by atoms with Gasteiger partial charge in [0.15, 0.2) is 5.13 Å². The fourth-order valence-corrected chi connectivity index (χ4v) is 4.90. The van der Waals surface area contributed by atoms with Crippen LogP contribution in [0.2, 0.25) is 0 Å². The lowest BCUT2D eigenvalue weighted by Crippen LogP contribution is -2.39. The summed E-state index contributed by atoms with van der Waals surface area (Å²) in [5, 5.41) is 8.14. The second-order valence-corrected chi connectivity index (χ2v) is 9.61. The van der Waals surface area contributed by atoms with E-state index in [1.165, 1.54) is 30.6 Å². The van der Waals surface area contributed by atoms with Gasteiger partial charge in [-0.3, -0.25) is 14.4 Å². The lowest BCUT2D eigenvalue weighted by Gasteiger charge is -2.22. The highest BCUT2D eigenvalue weighted by Crippen LogP contribution is 2.29. The first-order chi connectivity index (χ1) is 15.5. The number of carbonyl (C=O) groups is 3. The summed E-state index contributed by atoms with van der Waals surface area (Å²) < 4.78 is 0. The van der Waals surface area contributed by atoms with E-state index in [0.717, 1.165) is 31.2 Å². The molecule has 0 saturated heterocycles.